The first kappa shape index (κ1) is 11.1. The third kappa shape index (κ3) is 2.99. The molecule has 0 spiro atoms. The minimum Gasteiger partial charge on any atom is -0.387 e. The molecule has 1 aromatic rings. The van der Waals surface area contributed by atoms with Crippen LogP contribution in [0.25, 0.3) is 0 Å². The average molecular weight is 203 g/mol. The van der Waals surface area contributed by atoms with E-state index < -0.39 is 0 Å². The molecule has 0 saturated heterocycles. The number of nitrogens with zero attached hydrogens (tertiary/aromatic N) is 1. The summed E-state index contributed by atoms with van der Waals surface area (Å²) in [5.74, 6) is -0.157. The van der Waals surface area contributed by atoms with Crippen molar-refractivity contribution < 1.29 is 4.79 Å². The molecule has 1 amide bonds. The van der Waals surface area contributed by atoms with Gasteiger partial charge >= 0.3 is 0 Å². The molecule has 0 aliphatic heterocycles. The summed E-state index contributed by atoms with van der Waals surface area (Å²) in [6.45, 7) is 0.382. The van der Waals surface area contributed by atoms with Crippen molar-refractivity contribution in [1.82, 2.24) is 5.32 Å². The Morgan fingerprint density at radius 2 is 2.20 bits per heavy atom. The Morgan fingerprint density at radius 1 is 1.47 bits per heavy atom. The molecule has 0 saturated carbocycles. The van der Waals surface area contributed by atoms with Gasteiger partial charge in [-0.05, 0) is 12.1 Å². The lowest BCUT2D eigenvalue weighted by molar-refractivity contribution is 0.0955. The lowest BCUT2D eigenvalue weighted by atomic mass is 10.1. The van der Waals surface area contributed by atoms with Gasteiger partial charge in [0.1, 0.15) is 0 Å². The highest BCUT2D eigenvalue weighted by atomic mass is 16.1. The second kappa shape index (κ2) is 5.66. The molecule has 4 heteroatoms. The number of anilines is 1. The molecule has 1 rings (SSSR count). The Labute approximate surface area is 88.9 Å². The van der Waals surface area contributed by atoms with E-state index in [4.69, 9.17) is 5.26 Å². The maximum Gasteiger partial charge on any atom is 0.253 e. The molecule has 0 unspecified atom stereocenters. The van der Waals surface area contributed by atoms with E-state index in [1.54, 1.807) is 19.2 Å². The summed E-state index contributed by atoms with van der Waals surface area (Å²) in [4.78, 5) is 11.6. The molecule has 1 aromatic carbocycles. The largest absolute Gasteiger partial charge is 0.387 e. The standard InChI is InChI=1S/C11H13N3O/c1-13-10-6-3-2-5-9(10)11(15)14-8-4-7-12/h2-3,5-6,13H,4,8H2,1H3,(H,14,15). The number of nitriles is 1. The van der Waals surface area contributed by atoms with E-state index in [9.17, 15) is 4.79 Å². The van der Waals surface area contributed by atoms with Crippen LogP contribution in [0.5, 0.6) is 0 Å². The van der Waals surface area contributed by atoms with Crippen molar-refractivity contribution in [1.29, 1.82) is 5.26 Å². The number of para-hydroxylation sites is 1. The summed E-state index contributed by atoms with van der Waals surface area (Å²) in [5, 5.41) is 14.0. The minimum absolute atomic E-state index is 0.157. The van der Waals surface area contributed by atoms with Crippen molar-refractivity contribution in [2.24, 2.45) is 0 Å². The molecule has 0 aliphatic rings. The van der Waals surface area contributed by atoms with Crippen molar-refractivity contribution in [3.63, 3.8) is 0 Å². The van der Waals surface area contributed by atoms with Gasteiger partial charge in [0, 0.05) is 19.3 Å². The van der Waals surface area contributed by atoms with Crippen LogP contribution in [0, 0.1) is 11.3 Å². The predicted molar refractivity (Wildman–Crippen MR) is 58.6 cm³/mol. The fourth-order valence-corrected chi connectivity index (χ4v) is 1.23. The quantitative estimate of drug-likeness (QED) is 0.726. The minimum atomic E-state index is -0.157. The maximum absolute atomic E-state index is 11.6. The lowest BCUT2D eigenvalue weighted by Gasteiger charge is -2.08. The number of hydrogen-bond donors (Lipinski definition) is 2. The summed E-state index contributed by atoms with van der Waals surface area (Å²) in [6, 6.07) is 9.21. The van der Waals surface area contributed by atoms with Crippen LogP contribution in [-0.2, 0) is 0 Å². The monoisotopic (exact) mass is 203 g/mol. The van der Waals surface area contributed by atoms with E-state index >= 15 is 0 Å². The fraction of sp³-hybridized carbons (Fsp3) is 0.273. The summed E-state index contributed by atoms with van der Waals surface area (Å²) in [5.41, 5.74) is 1.38. The van der Waals surface area contributed by atoms with Gasteiger partial charge in [-0.3, -0.25) is 4.79 Å². The van der Waals surface area contributed by atoms with Gasteiger partial charge in [0.2, 0.25) is 0 Å². The van der Waals surface area contributed by atoms with Gasteiger partial charge in [0.15, 0.2) is 0 Å². The molecule has 2 N–H and O–H groups in total. The number of amides is 1. The molecule has 15 heavy (non-hydrogen) atoms. The zero-order valence-corrected chi connectivity index (χ0v) is 8.58. The molecule has 4 nitrogen and oxygen atoms in total. The Bertz CT molecular complexity index is 382. The zero-order valence-electron chi connectivity index (χ0n) is 8.58. The van der Waals surface area contributed by atoms with E-state index in [0.29, 0.717) is 18.5 Å². The zero-order chi connectivity index (χ0) is 11.1. The van der Waals surface area contributed by atoms with Crippen LogP contribution in [0.2, 0.25) is 0 Å². The van der Waals surface area contributed by atoms with Crippen molar-refractivity contribution in [3.05, 3.63) is 29.8 Å². The summed E-state index contributed by atoms with van der Waals surface area (Å²) in [7, 11) is 1.77. The van der Waals surface area contributed by atoms with Crippen LogP contribution in [0.3, 0.4) is 0 Å². The number of carbonyl (C=O) groups is 1. The molecule has 0 aromatic heterocycles. The highest BCUT2D eigenvalue weighted by Crippen LogP contribution is 2.13. The molecule has 0 fully saturated rings. The Morgan fingerprint density at radius 3 is 2.87 bits per heavy atom. The van der Waals surface area contributed by atoms with Gasteiger partial charge in [0.25, 0.3) is 5.91 Å². The Balaban J connectivity index is 2.69. The highest BCUT2D eigenvalue weighted by Gasteiger charge is 2.08. The van der Waals surface area contributed by atoms with Gasteiger partial charge < -0.3 is 10.6 Å². The first-order chi connectivity index (χ1) is 7.29. The van der Waals surface area contributed by atoms with Crippen molar-refractivity contribution in [2.45, 2.75) is 6.42 Å². The highest BCUT2D eigenvalue weighted by molar-refractivity contribution is 5.99. The molecule has 0 aliphatic carbocycles. The molecular weight excluding hydrogens is 190 g/mol. The smallest absolute Gasteiger partial charge is 0.253 e. The van der Waals surface area contributed by atoms with Gasteiger partial charge in [-0.2, -0.15) is 5.26 Å². The molecule has 0 atom stereocenters. The van der Waals surface area contributed by atoms with E-state index in [1.807, 2.05) is 18.2 Å². The second-order valence-corrected chi connectivity index (χ2v) is 2.96. The fourth-order valence-electron chi connectivity index (χ4n) is 1.23. The van der Waals surface area contributed by atoms with Crippen molar-refractivity contribution in [3.8, 4) is 6.07 Å². The topological polar surface area (TPSA) is 64.9 Å². The first-order valence-electron chi connectivity index (χ1n) is 4.71. The summed E-state index contributed by atoms with van der Waals surface area (Å²) < 4.78 is 0. The molecule has 78 valence electrons. The van der Waals surface area contributed by atoms with Crippen LogP contribution in [-0.4, -0.2) is 19.5 Å². The number of nitrogens with one attached hydrogen (secondary N) is 2. The normalized spacial score (nSPS) is 9.07. The van der Waals surface area contributed by atoms with Crippen LogP contribution < -0.4 is 10.6 Å². The van der Waals surface area contributed by atoms with Gasteiger partial charge in [-0.15, -0.1) is 0 Å². The van der Waals surface area contributed by atoms with E-state index in [1.165, 1.54) is 0 Å². The first-order valence-corrected chi connectivity index (χ1v) is 4.71. The van der Waals surface area contributed by atoms with Crippen LogP contribution in [0.15, 0.2) is 24.3 Å². The van der Waals surface area contributed by atoms with Gasteiger partial charge in [-0.1, -0.05) is 12.1 Å². The summed E-state index contributed by atoms with van der Waals surface area (Å²) >= 11 is 0. The number of carbonyl (C=O) groups excluding carboxylic acids is 1. The number of benzene rings is 1. The third-order valence-electron chi connectivity index (χ3n) is 1.96. The lowest BCUT2D eigenvalue weighted by Crippen LogP contribution is -2.24. The van der Waals surface area contributed by atoms with E-state index in [2.05, 4.69) is 10.6 Å². The van der Waals surface area contributed by atoms with E-state index in [0.717, 1.165) is 5.69 Å². The van der Waals surface area contributed by atoms with Gasteiger partial charge in [0.05, 0.1) is 18.1 Å². The number of rotatable bonds is 4. The van der Waals surface area contributed by atoms with E-state index in [-0.39, 0.29) is 5.91 Å². The van der Waals surface area contributed by atoms with Crippen LogP contribution >= 0.6 is 0 Å². The molecule has 0 heterocycles. The second-order valence-electron chi connectivity index (χ2n) is 2.96. The van der Waals surface area contributed by atoms with Crippen LogP contribution in [0.4, 0.5) is 5.69 Å². The molecule has 0 bridgehead atoms. The van der Waals surface area contributed by atoms with Crippen molar-refractivity contribution >= 4 is 11.6 Å². The predicted octanol–water partition coefficient (Wildman–Crippen LogP) is 1.37. The van der Waals surface area contributed by atoms with Crippen molar-refractivity contribution in [2.75, 3.05) is 18.9 Å². The Hall–Kier alpha value is -2.02. The molecular formula is C11H13N3O. The summed E-state index contributed by atoms with van der Waals surface area (Å²) in [6.07, 6.45) is 0.327. The van der Waals surface area contributed by atoms with Gasteiger partial charge in [-0.25, -0.2) is 0 Å². The number of hydrogen-bond acceptors (Lipinski definition) is 3. The van der Waals surface area contributed by atoms with Crippen LogP contribution in [0.1, 0.15) is 16.8 Å². The maximum atomic E-state index is 11.6. The Kier molecular flexibility index (Phi) is 4.17. The average Bonchev–Trinajstić information content (AvgIpc) is 2.29. The molecule has 0 radical (unpaired) electrons. The SMILES string of the molecule is CNc1ccccc1C(=O)NCCC#N. The third-order valence-corrected chi connectivity index (χ3v) is 1.96.